The standard InChI is InChI=1S/C17H20N2O4S/c1-19(13-7-8-24(21,22)11-13)16-9-12(10-17(20)23-2)18-15-6-4-3-5-14(15)16/h3-6,9,13H,7-8,10-11H2,1-2H3. The predicted octanol–water partition coefficient (Wildman–Crippen LogP) is 1.57. The van der Waals surface area contributed by atoms with Gasteiger partial charge in [-0.25, -0.2) is 8.42 Å². The molecule has 0 N–H and O–H groups in total. The van der Waals surface area contributed by atoms with Gasteiger partial charge in [-0.3, -0.25) is 9.78 Å². The van der Waals surface area contributed by atoms with Crippen LogP contribution in [0.3, 0.4) is 0 Å². The number of hydrogen-bond donors (Lipinski definition) is 0. The molecule has 6 nitrogen and oxygen atoms in total. The number of anilines is 1. The predicted molar refractivity (Wildman–Crippen MR) is 92.9 cm³/mol. The fourth-order valence-electron chi connectivity index (χ4n) is 3.09. The average Bonchev–Trinajstić information content (AvgIpc) is 2.93. The Labute approximate surface area is 141 Å². The van der Waals surface area contributed by atoms with Gasteiger partial charge < -0.3 is 9.64 Å². The Kier molecular flexibility index (Phi) is 4.45. The average molecular weight is 348 g/mol. The Bertz CT molecular complexity index is 879. The van der Waals surface area contributed by atoms with Crippen LogP contribution >= 0.6 is 0 Å². The third-order valence-corrected chi connectivity index (χ3v) is 6.19. The Balaban J connectivity index is 2.03. The Morgan fingerprint density at radius 2 is 2.12 bits per heavy atom. The van der Waals surface area contributed by atoms with E-state index in [4.69, 9.17) is 4.74 Å². The Morgan fingerprint density at radius 1 is 1.38 bits per heavy atom. The molecule has 2 aromatic rings. The molecule has 0 spiro atoms. The number of benzene rings is 1. The number of ether oxygens (including phenoxy) is 1. The van der Waals surface area contributed by atoms with Crippen molar-refractivity contribution in [2.45, 2.75) is 18.9 Å². The van der Waals surface area contributed by atoms with Crippen LogP contribution in [0.1, 0.15) is 12.1 Å². The van der Waals surface area contributed by atoms with E-state index in [9.17, 15) is 13.2 Å². The van der Waals surface area contributed by atoms with Crippen molar-refractivity contribution >= 4 is 32.4 Å². The molecule has 1 fully saturated rings. The number of fused-ring (bicyclic) bond motifs is 1. The monoisotopic (exact) mass is 348 g/mol. The van der Waals surface area contributed by atoms with E-state index in [0.717, 1.165) is 16.6 Å². The lowest BCUT2D eigenvalue weighted by Gasteiger charge is -2.27. The second kappa shape index (κ2) is 6.39. The van der Waals surface area contributed by atoms with Crippen LogP contribution < -0.4 is 4.90 Å². The molecule has 1 aliphatic heterocycles. The molecule has 1 aliphatic rings. The van der Waals surface area contributed by atoms with E-state index < -0.39 is 9.84 Å². The van der Waals surface area contributed by atoms with Crippen molar-refractivity contribution < 1.29 is 17.9 Å². The summed E-state index contributed by atoms with van der Waals surface area (Å²) in [5.74, 6) is 0.0295. The smallest absolute Gasteiger partial charge is 0.311 e. The molecule has 7 heteroatoms. The lowest BCUT2D eigenvalue weighted by Crippen LogP contribution is -2.32. The van der Waals surface area contributed by atoms with Gasteiger partial charge in [-0.1, -0.05) is 18.2 Å². The van der Waals surface area contributed by atoms with E-state index in [2.05, 4.69) is 4.98 Å². The zero-order valence-electron chi connectivity index (χ0n) is 13.7. The van der Waals surface area contributed by atoms with Gasteiger partial charge in [0.1, 0.15) is 0 Å². The van der Waals surface area contributed by atoms with Crippen LogP contribution in [0.5, 0.6) is 0 Å². The van der Waals surface area contributed by atoms with Crippen LogP contribution in [-0.4, -0.2) is 51.1 Å². The quantitative estimate of drug-likeness (QED) is 0.781. The molecule has 1 unspecified atom stereocenters. The molecule has 3 rings (SSSR count). The van der Waals surface area contributed by atoms with Gasteiger partial charge in [0.25, 0.3) is 0 Å². The maximum atomic E-state index is 11.8. The molecule has 0 saturated carbocycles. The third-order valence-electron chi connectivity index (χ3n) is 4.44. The first-order valence-corrected chi connectivity index (χ1v) is 9.60. The van der Waals surface area contributed by atoms with Crippen molar-refractivity contribution in [1.29, 1.82) is 0 Å². The SMILES string of the molecule is COC(=O)Cc1cc(N(C)C2CCS(=O)(=O)C2)c2ccccc2n1. The van der Waals surface area contributed by atoms with Crippen molar-refractivity contribution in [3.8, 4) is 0 Å². The van der Waals surface area contributed by atoms with E-state index >= 15 is 0 Å². The Hall–Kier alpha value is -2.15. The number of methoxy groups -OCH3 is 1. The lowest BCUT2D eigenvalue weighted by molar-refractivity contribution is -0.139. The number of para-hydroxylation sites is 1. The van der Waals surface area contributed by atoms with Gasteiger partial charge in [-0.2, -0.15) is 0 Å². The topological polar surface area (TPSA) is 76.6 Å². The van der Waals surface area contributed by atoms with Gasteiger partial charge in [0.05, 0.1) is 36.2 Å². The van der Waals surface area contributed by atoms with Crippen LogP contribution in [0.15, 0.2) is 30.3 Å². The van der Waals surface area contributed by atoms with Gasteiger partial charge in [-0.05, 0) is 18.6 Å². The summed E-state index contributed by atoms with van der Waals surface area (Å²) in [6, 6.07) is 9.45. The number of carbonyl (C=O) groups is 1. The minimum absolute atomic E-state index is 0.0632. The van der Waals surface area contributed by atoms with E-state index in [-0.39, 0.29) is 29.9 Å². The molecular formula is C17H20N2O4S. The number of esters is 1. The number of hydrogen-bond acceptors (Lipinski definition) is 6. The minimum Gasteiger partial charge on any atom is -0.469 e. The first-order chi connectivity index (χ1) is 11.4. The summed E-state index contributed by atoms with van der Waals surface area (Å²) in [5, 5.41) is 0.943. The zero-order valence-corrected chi connectivity index (χ0v) is 14.5. The molecule has 1 aromatic heterocycles. The Morgan fingerprint density at radius 3 is 2.79 bits per heavy atom. The summed E-state index contributed by atoms with van der Waals surface area (Å²) in [6.45, 7) is 0. The van der Waals surface area contributed by atoms with E-state index in [1.165, 1.54) is 7.11 Å². The summed E-state index contributed by atoms with van der Waals surface area (Å²) in [6.07, 6.45) is 0.701. The summed E-state index contributed by atoms with van der Waals surface area (Å²) in [5.41, 5.74) is 2.28. The second-order valence-corrected chi connectivity index (χ2v) is 8.30. The maximum absolute atomic E-state index is 11.8. The molecule has 0 radical (unpaired) electrons. The summed E-state index contributed by atoms with van der Waals surface area (Å²) < 4.78 is 28.3. The normalized spacial score (nSPS) is 19.3. The second-order valence-electron chi connectivity index (χ2n) is 6.07. The molecule has 0 aliphatic carbocycles. The van der Waals surface area contributed by atoms with E-state index in [1.807, 2.05) is 42.3 Å². The number of nitrogens with zero attached hydrogens (tertiary/aromatic N) is 2. The molecule has 24 heavy (non-hydrogen) atoms. The van der Waals surface area contributed by atoms with Crippen LogP contribution in [0.25, 0.3) is 10.9 Å². The van der Waals surface area contributed by atoms with Crippen molar-refractivity contribution in [2.75, 3.05) is 30.6 Å². The summed E-state index contributed by atoms with van der Waals surface area (Å²) in [4.78, 5) is 18.1. The largest absolute Gasteiger partial charge is 0.469 e. The van der Waals surface area contributed by atoms with Crippen molar-refractivity contribution in [1.82, 2.24) is 4.98 Å². The molecular weight excluding hydrogens is 328 g/mol. The van der Waals surface area contributed by atoms with Crippen molar-refractivity contribution in [2.24, 2.45) is 0 Å². The van der Waals surface area contributed by atoms with Gasteiger partial charge in [0.2, 0.25) is 0 Å². The van der Waals surface area contributed by atoms with Gasteiger partial charge in [0, 0.05) is 24.2 Å². The highest BCUT2D eigenvalue weighted by molar-refractivity contribution is 7.91. The van der Waals surface area contributed by atoms with Crippen molar-refractivity contribution in [3.05, 3.63) is 36.0 Å². The fraction of sp³-hybridized carbons (Fsp3) is 0.412. The molecule has 0 bridgehead atoms. The zero-order chi connectivity index (χ0) is 17.3. The van der Waals surface area contributed by atoms with Crippen LogP contribution in [0.2, 0.25) is 0 Å². The minimum atomic E-state index is -2.97. The van der Waals surface area contributed by atoms with Gasteiger partial charge in [-0.15, -0.1) is 0 Å². The highest BCUT2D eigenvalue weighted by atomic mass is 32.2. The van der Waals surface area contributed by atoms with E-state index in [1.54, 1.807) is 0 Å². The maximum Gasteiger partial charge on any atom is 0.311 e. The molecule has 1 aromatic carbocycles. The number of sulfone groups is 1. The third kappa shape index (κ3) is 3.36. The highest BCUT2D eigenvalue weighted by Crippen LogP contribution is 2.30. The number of aromatic nitrogens is 1. The van der Waals surface area contributed by atoms with Gasteiger partial charge >= 0.3 is 5.97 Å². The van der Waals surface area contributed by atoms with E-state index in [0.29, 0.717) is 12.1 Å². The number of carbonyl (C=O) groups excluding carboxylic acids is 1. The summed E-state index contributed by atoms with van der Waals surface area (Å²) in [7, 11) is 0.279. The lowest BCUT2D eigenvalue weighted by atomic mass is 10.1. The molecule has 1 saturated heterocycles. The highest BCUT2D eigenvalue weighted by Gasteiger charge is 2.31. The first-order valence-electron chi connectivity index (χ1n) is 7.78. The molecule has 2 heterocycles. The van der Waals surface area contributed by atoms with Crippen LogP contribution in [0.4, 0.5) is 5.69 Å². The summed E-state index contributed by atoms with van der Waals surface area (Å²) >= 11 is 0. The molecule has 128 valence electrons. The number of pyridine rings is 1. The number of rotatable bonds is 4. The first kappa shape index (κ1) is 16.7. The molecule has 1 atom stereocenters. The van der Waals surface area contributed by atoms with Crippen LogP contribution in [-0.2, 0) is 25.8 Å². The van der Waals surface area contributed by atoms with Crippen LogP contribution in [0, 0.1) is 0 Å². The van der Waals surface area contributed by atoms with Crippen molar-refractivity contribution in [3.63, 3.8) is 0 Å². The molecule has 0 amide bonds. The fourth-order valence-corrected chi connectivity index (χ4v) is 4.86. The van der Waals surface area contributed by atoms with Gasteiger partial charge in [0.15, 0.2) is 9.84 Å².